The minimum absolute atomic E-state index is 0.0639. The number of halogens is 2. The van der Waals surface area contributed by atoms with Crippen LogP contribution in [-0.2, 0) is 0 Å². The fourth-order valence-electron chi connectivity index (χ4n) is 2.41. The van der Waals surface area contributed by atoms with Crippen molar-refractivity contribution in [3.05, 3.63) is 71.4 Å². The van der Waals surface area contributed by atoms with E-state index in [4.69, 9.17) is 0 Å². The Kier molecular flexibility index (Phi) is 4.08. The van der Waals surface area contributed by atoms with Gasteiger partial charge in [-0.05, 0) is 29.8 Å². The van der Waals surface area contributed by atoms with E-state index in [-0.39, 0.29) is 17.5 Å². The number of benzene rings is 2. The van der Waals surface area contributed by atoms with E-state index in [2.05, 4.69) is 10.3 Å². The first kappa shape index (κ1) is 15.2. The molecule has 0 fully saturated rings. The van der Waals surface area contributed by atoms with Crippen LogP contribution in [0.5, 0.6) is 0 Å². The van der Waals surface area contributed by atoms with Crippen LogP contribution in [0.4, 0.5) is 8.78 Å². The summed E-state index contributed by atoms with van der Waals surface area (Å²) in [4.78, 5) is 15.0. The van der Waals surface area contributed by atoms with Gasteiger partial charge in [-0.15, -0.1) is 0 Å². The second-order valence-electron chi connectivity index (χ2n) is 5.14. The predicted molar refractivity (Wildman–Crippen MR) is 81.9 cm³/mol. The van der Waals surface area contributed by atoms with Crippen molar-refractivity contribution in [1.29, 1.82) is 0 Å². The van der Waals surface area contributed by atoms with Gasteiger partial charge in [0.25, 0.3) is 5.91 Å². The molecule has 3 N–H and O–H groups in total. The van der Waals surface area contributed by atoms with Gasteiger partial charge in [-0.25, -0.2) is 8.78 Å². The molecule has 0 saturated heterocycles. The Morgan fingerprint density at radius 2 is 1.91 bits per heavy atom. The van der Waals surface area contributed by atoms with E-state index in [9.17, 15) is 18.7 Å². The minimum atomic E-state index is -0.977. The Labute approximate surface area is 130 Å². The Bertz CT molecular complexity index is 843. The number of nitrogens with one attached hydrogen (secondary N) is 2. The molecule has 118 valence electrons. The van der Waals surface area contributed by atoms with Crippen LogP contribution in [-0.4, -0.2) is 22.5 Å². The molecule has 0 aliphatic carbocycles. The molecular weight excluding hydrogens is 302 g/mol. The lowest BCUT2D eigenvalue weighted by Gasteiger charge is -2.12. The van der Waals surface area contributed by atoms with E-state index in [1.54, 1.807) is 12.1 Å². The number of hydrogen-bond donors (Lipinski definition) is 3. The standard InChI is InChI=1S/C17H14F2N2O2/c18-11-6-4-10(5-7-11)15(22)9-21-17(23)12-8-20-14-3-1-2-13(19)16(12)14/h1-8,15,20,22H,9H2,(H,21,23). The van der Waals surface area contributed by atoms with E-state index in [0.29, 0.717) is 11.1 Å². The lowest BCUT2D eigenvalue weighted by Crippen LogP contribution is -2.28. The zero-order valence-corrected chi connectivity index (χ0v) is 12.0. The van der Waals surface area contributed by atoms with Gasteiger partial charge in [0.2, 0.25) is 0 Å². The van der Waals surface area contributed by atoms with Crippen LogP contribution in [0.3, 0.4) is 0 Å². The fourth-order valence-corrected chi connectivity index (χ4v) is 2.41. The molecule has 0 radical (unpaired) electrons. The second kappa shape index (κ2) is 6.18. The summed E-state index contributed by atoms with van der Waals surface area (Å²) in [6.45, 7) is -0.0639. The number of fused-ring (bicyclic) bond motifs is 1. The first-order valence-corrected chi connectivity index (χ1v) is 7.03. The SMILES string of the molecule is O=C(NCC(O)c1ccc(F)cc1)c1c[nH]c2cccc(F)c12. The smallest absolute Gasteiger partial charge is 0.253 e. The van der Waals surface area contributed by atoms with Crippen LogP contribution >= 0.6 is 0 Å². The van der Waals surface area contributed by atoms with Crippen LogP contribution in [0.15, 0.2) is 48.7 Å². The Morgan fingerprint density at radius 3 is 2.65 bits per heavy atom. The number of aromatic amines is 1. The summed E-state index contributed by atoms with van der Waals surface area (Å²) in [6, 6.07) is 9.84. The maximum absolute atomic E-state index is 13.9. The first-order chi connectivity index (χ1) is 11.1. The maximum Gasteiger partial charge on any atom is 0.253 e. The van der Waals surface area contributed by atoms with Crippen molar-refractivity contribution < 1.29 is 18.7 Å². The molecule has 1 aromatic heterocycles. The molecule has 1 unspecified atom stereocenters. The van der Waals surface area contributed by atoms with Gasteiger partial charge in [0.1, 0.15) is 11.6 Å². The van der Waals surface area contributed by atoms with E-state index in [1.807, 2.05) is 0 Å². The van der Waals surface area contributed by atoms with Gasteiger partial charge in [-0.2, -0.15) is 0 Å². The number of aliphatic hydroxyl groups excluding tert-OH is 1. The van der Waals surface area contributed by atoms with Crippen LogP contribution < -0.4 is 5.32 Å². The quantitative estimate of drug-likeness (QED) is 0.693. The molecule has 23 heavy (non-hydrogen) atoms. The van der Waals surface area contributed by atoms with Gasteiger partial charge in [0.15, 0.2) is 0 Å². The van der Waals surface area contributed by atoms with Gasteiger partial charge in [0.05, 0.1) is 11.7 Å². The van der Waals surface area contributed by atoms with E-state index >= 15 is 0 Å². The minimum Gasteiger partial charge on any atom is -0.387 e. The highest BCUT2D eigenvalue weighted by Crippen LogP contribution is 2.21. The van der Waals surface area contributed by atoms with Crippen molar-refractivity contribution in [2.24, 2.45) is 0 Å². The van der Waals surface area contributed by atoms with Gasteiger partial charge in [-0.3, -0.25) is 4.79 Å². The Morgan fingerprint density at radius 1 is 1.17 bits per heavy atom. The number of aliphatic hydroxyl groups is 1. The van der Waals surface area contributed by atoms with E-state index < -0.39 is 23.6 Å². The summed E-state index contributed by atoms with van der Waals surface area (Å²) in [5.74, 6) is -1.39. The van der Waals surface area contributed by atoms with Crippen molar-refractivity contribution in [3.8, 4) is 0 Å². The molecule has 0 aliphatic heterocycles. The fraction of sp³-hybridized carbons (Fsp3) is 0.118. The van der Waals surface area contributed by atoms with Gasteiger partial charge < -0.3 is 15.4 Å². The molecule has 1 atom stereocenters. The van der Waals surface area contributed by atoms with Crippen LogP contribution in [0, 0.1) is 11.6 Å². The predicted octanol–water partition coefficient (Wildman–Crippen LogP) is 2.91. The summed E-state index contributed by atoms with van der Waals surface area (Å²) in [5, 5.41) is 12.8. The molecule has 3 rings (SSSR count). The number of aromatic nitrogens is 1. The number of carbonyl (C=O) groups is 1. The average Bonchev–Trinajstić information content (AvgIpc) is 2.98. The second-order valence-corrected chi connectivity index (χ2v) is 5.14. The topological polar surface area (TPSA) is 65.1 Å². The van der Waals surface area contributed by atoms with Gasteiger partial charge in [-0.1, -0.05) is 18.2 Å². The molecule has 2 aromatic carbocycles. The third-order valence-corrected chi connectivity index (χ3v) is 3.61. The van der Waals surface area contributed by atoms with Crippen molar-refractivity contribution in [2.45, 2.75) is 6.10 Å². The number of H-pyrrole nitrogens is 1. The van der Waals surface area contributed by atoms with Crippen molar-refractivity contribution in [3.63, 3.8) is 0 Å². The highest BCUT2D eigenvalue weighted by molar-refractivity contribution is 6.06. The molecular formula is C17H14F2N2O2. The summed E-state index contributed by atoms with van der Waals surface area (Å²) in [5.41, 5.74) is 1.18. The summed E-state index contributed by atoms with van der Waals surface area (Å²) < 4.78 is 26.7. The average molecular weight is 316 g/mol. The number of amides is 1. The molecule has 0 aliphatic rings. The van der Waals surface area contributed by atoms with Crippen LogP contribution in [0.1, 0.15) is 22.0 Å². The lowest BCUT2D eigenvalue weighted by atomic mass is 10.1. The van der Waals surface area contributed by atoms with Gasteiger partial charge in [0, 0.05) is 23.6 Å². The van der Waals surface area contributed by atoms with Crippen LogP contribution in [0.25, 0.3) is 10.9 Å². The van der Waals surface area contributed by atoms with Crippen molar-refractivity contribution in [1.82, 2.24) is 10.3 Å². The maximum atomic E-state index is 13.9. The molecule has 3 aromatic rings. The molecule has 1 amide bonds. The molecule has 0 saturated carbocycles. The number of hydrogen-bond acceptors (Lipinski definition) is 2. The molecule has 0 bridgehead atoms. The summed E-state index contributed by atoms with van der Waals surface area (Å²) in [7, 11) is 0. The third kappa shape index (κ3) is 3.07. The Balaban J connectivity index is 1.72. The van der Waals surface area contributed by atoms with Crippen molar-refractivity contribution in [2.75, 3.05) is 6.54 Å². The van der Waals surface area contributed by atoms with Crippen molar-refractivity contribution >= 4 is 16.8 Å². The zero-order valence-electron chi connectivity index (χ0n) is 12.0. The lowest BCUT2D eigenvalue weighted by molar-refractivity contribution is 0.0917. The highest BCUT2D eigenvalue weighted by Gasteiger charge is 2.16. The molecule has 0 spiro atoms. The highest BCUT2D eigenvalue weighted by atomic mass is 19.1. The summed E-state index contributed by atoms with van der Waals surface area (Å²) >= 11 is 0. The molecule has 1 heterocycles. The zero-order chi connectivity index (χ0) is 16.4. The number of rotatable bonds is 4. The van der Waals surface area contributed by atoms with Gasteiger partial charge >= 0.3 is 0 Å². The number of carbonyl (C=O) groups excluding carboxylic acids is 1. The largest absolute Gasteiger partial charge is 0.387 e. The Hall–Kier alpha value is -2.73. The monoisotopic (exact) mass is 316 g/mol. The van der Waals surface area contributed by atoms with E-state index in [1.165, 1.54) is 36.5 Å². The van der Waals surface area contributed by atoms with E-state index in [0.717, 1.165) is 0 Å². The molecule has 6 heteroatoms. The van der Waals surface area contributed by atoms with Crippen LogP contribution in [0.2, 0.25) is 0 Å². The normalized spacial score (nSPS) is 12.3. The third-order valence-electron chi connectivity index (χ3n) is 3.61. The summed E-state index contributed by atoms with van der Waals surface area (Å²) in [6.07, 6.45) is 0.447. The molecule has 4 nitrogen and oxygen atoms in total. The first-order valence-electron chi connectivity index (χ1n) is 7.03.